The molecule has 4 aromatic carbocycles. The molecule has 1 aliphatic carbocycles. The van der Waals surface area contributed by atoms with Crippen molar-refractivity contribution in [1.29, 1.82) is 0 Å². The van der Waals surface area contributed by atoms with Crippen LogP contribution in [0.1, 0.15) is 43.2 Å². The largest absolute Gasteiger partial charge is 0.493 e. The molecule has 0 spiro atoms. The smallest absolute Gasteiger partial charge is 0.264 e. The Morgan fingerprint density at radius 3 is 1.96 bits per heavy atom. The maximum Gasteiger partial charge on any atom is 0.264 e. The Morgan fingerprint density at radius 2 is 1.35 bits per heavy atom. The molecule has 1 atom stereocenters. The zero-order chi connectivity index (χ0) is 33.9. The van der Waals surface area contributed by atoms with E-state index in [1.807, 2.05) is 60.7 Å². The summed E-state index contributed by atoms with van der Waals surface area (Å²) in [5.41, 5.74) is 1.93. The predicted octanol–water partition coefficient (Wildman–Crippen LogP) is 5.99. The highest BCUT2D eigenvalue weighted by molar-refractivity contribution is 7.92. The van der Waals surface area contributed by atoms with Gasteiger partial charge in [-0.05, 0) is 48.2 Å². The van der Waals surface area contributed by atoms with Gasteiger partial charge in [-0.25, -0.2) is 8.42 Å². The van der Waals surface area contributed by atoms with E-state index in [1.54, 1.807) is 30.3 Å². The summed E-state index contributed by atoms with van der Waals surface area (Å²) < 4.78 is 40.5. The van der Waals surface area contributed by atoms with Crippen LogP contribution in [0.2, 0.25) is 0 Å². The molecule has 0 bridgehead atoms. The quantitative estimate of drug-likeness (QED) is 0.177. The summed E-state index contributed by atoms with van der Waals surface area (Å²) in [5, 5.41) is 3.23. The maximum absolute atomic E-state index is 14.7. The second kappa shape index (κ2) is 16.3. The molecule has 1 N–H and O–H groups in total. The number of ether oxygens (including phenoxy) is 2. The summed E-state index contributed by atoms with van der Waals surface area (Å²) in [6.07, 6.45) is 5.26. The van der Waals surface area contributed by atoms with E-state index in [-0.39, 0.29) is 35.5 Å². The Morgan fingerprint density at radius 1 is 0.771 bits per heavy atom. The highest BCUT2D eigenvalue weighted by Crippen LogP contribution is 2.34. The predicted molar refractivity (Wildman–Crippen MR) is 186 cm³/mol. The van der Waals surface area contributed by atoms with Gasteiger partial charge in [-0.2, -0.15) is 0 Å². The molecule has 48 heavy (non-hydrogen) atoms. The van der Waals surface area contributed by atoms with Crippen molar-refractivity contribution >= 4 is 27.5 Å². The lowest BCUT2D eigenvalue weighted by molar-refractivity contribution is -0.140. The molecule has 0 radical (unpaired) electrons. The zero-order valence-corrected chi connectivity index (χ0v) is 28.3. The van der Waals surface area contributed by atoms with Gasteiger partial charge in [0, 0.05) is 25.1 Å². The van der Waals surface area contributed by atoms with Gasteiger partial charge in [-0.15, -0.1) is 0 Å². The third-order valence-corrected chi connectivity index (χ3v) is 10.5. The topological polar surface area (TPSA) is 105 Å². The lowest BCUT2D eigenvalue weighted by Crippen LogP contribution is -2.55. The number of anilines is 1. The molecule has 2 amide bonds. The van der Waals surface area contributed by atoms with Gasteiger partial charge in [0.05, 0.1) is 24.8 Å². The van der Waals surface area contributed by atoms with Crippen LogP contribution in [0.15, 0.2) is 114 Å². The summed E-state index contributed by atoms with van der Waals surface area (Å²) in [5.74, 6) is -0.0465. The summed E-state index contributed by atoms with van der Waals surface area (Å²) in [6.45, 7) is -0.442. The standard InChI is InChI=1S/C38H43N3O6S/c1-46-35-24-23-32(26-36(35)47-2)41(48(44,45)33-21-13-6-14-22-33)28-37(42)40(27-30-17-9-4-10-18-30)34(25-29-15-7-3-8-16-29)38(43)39-31-19-11-5-12-20-31/h3-4,6-10,13-18,21-24,26,31,34H,5,11-12,19-20,25,27-28H2,1-2H3,(H,39,43). The molecule has 1 aliphatic rings. The van der Waals surface area contributed by atoms with Crippen molar-refractivity contribution in [2.45, 2.75) is 62.0 Å². The third-order valence-electron chi connectivity index (χ3n) is 8.68. The van der Waals surface area contributed by atoms with Crippen LogP contribution < -0.4 is 19.1 Å². The maximum atomic E-state index is 14.7. The van der Waals surface area contributed by atoms with Gasteiger partial charge in [0.25, 0.3) is 10.0 Å². The van der Waals surface area contributed by atoms with E-state index in [4.69, 9.17) is 9.47 Å². The first kappa shape index (κ1) is 34.5. The number of sulfonamides is 1. The number of benzene rings is 4. The summed E-state index contributed by atoms with van der Waals surface area (Å²) in [4.78, 5) is 30.5. The van der Waals surface area contributed by atoms with E-state index in [1.165, 1.54) is 37.3 Å². The van der Waals surface area contributed by atoms with E-state index >= 15 is 0 Å². The normalized spacial score (nSPS) is 14.0. The Labute approximate surface area is 283 Å². The summed E-state index contributed by atoms with van der Waals surface area (Å²) >= 11 is 0. The van der Waals surface area contributed by atoms with Gasteiger partial charge in [-0.1, -0.05) is 98.1 Å². The first-order valence-electron chi connectivity index (χ1n) is 16.3. The average molecular weight is 670 g/mol. The van der Waals surface area contributed by atoms with Crippen LogP contribution in [0.25, 0.3) is 0 Å². The number of carbonyl (C=O) groups excluding carboxylic acids is 2. The lowest BCUT2D eigenvalue weighted by atomic mass is 9.94. The van der Waals surface area contributed by atoms with E-state index < -0.39 is 28.5 Å². The molecule has 0 aromatic heterocycles. The van der Waals surface area contributed by atoms with Crippen molar-refractivity contribution in [2.24, 2.45) is 0 Å². The molecule has 1 fully saturated rings. The minimum atomic E-state index is -4.24. The molecule has 1 unspecified atom stereocenters. The molecule has 5 rings (SSSR count). The summed E-state index contributed by atoms with van der Waals surface area (Å²) in [7, 11) is -1.28. The molecule has 10 heteroatoms. The van der Waals surface area contributed by atoms with Crippen molar-refractivity contribution in [2.75, 3.05) is 25.1 Å². The van der Waals surface area contributed by atoms with Crippen LogP contribution in [-0.2, 0) is 32.6 Å². The fourth-order valence-corrected chi connectivity index (χ4v) is 7.53. The number of amides is 2. The number of hydrogen-bond donors (Lipinski definition) is 1. The minimum Gasteiger partial charge on any atom is -0.493 e. The number of hydrogen-bond acceptors (Lipinski definition) is 6. The summed E-state index contributed by atoms with van der Waals surface area (Å²) in [6, 6.07) is 30.8. The SMILES string of the molecule is COc1ccc(N(CC(=O)N(Cc2ccccc2)C(Cc2ccccc2)C(=O)NC2CCCCC2)S(=O)(=O)c2ccccc2)cc1OC. The first-order valence-corrected chi connectivity index (χ1v) is 17.7. The zero-order valence-electron chi connectivity index (χ0n) is 27.5. The van der Waals surface area contributed by atoms with Gasteiger partial charge >= 0.3 is 0 Å². The molecule has 4 aromatic rings. The van der Waals surface area contributed by atoms with Gasteiger partial charge in [0.2, 0.25) is 11.8 Å². The number of methoxy groups -OCH3 is 2. The lowest BCUT2D eigenvalue weighted by Gasteiger charge is -2.35. The van der Waals surface area contributed by atoms with Gasteiger partial charge < -0.3 is 19.7 Å². The number of rotatable bonds is 14. The van der Waals surface area contributed by atoms with Crippen LogP contribution in [0.5, 0.6) is 11.5 Å². The second-order valence-corrected chi connectivity index (χ2v) is 13.8. The van der Waals surface area contributed by atoms with Crippen LogP contribution in [0.3, 0.4) is 0 Å². The monoisotopic (exact) mass is 669 g/mol. The van der Waals surface area contributed by atoms with Crippen molar-refractivity contribution in [3.8, 4) is 11.5 Å². The van der Waals surface area contributed by atoms with Crippen LogP contribution in [0, 0.1) is 0 Å². The molecule has 0 heterocycles. The molecule has 1 saturated carbocycles. The van der Waals surface area contributed by atoms with Crippen molar-refractivity contribution < 1.29 is 27.5 Å². The van der Waals surface area contributed by atoms with Crippen LogP contribution >= 0.6 is 0 Å². The fraction of sp³-hybridized carbons (Fsp3) is 0.316. The molecular weight excluding hydrogens is 627 g/mol. The highest BCUT2D eigenvalue weighted by atomic mass is 32.2. The van der Waals surface area contributed by atoms with Crippen LogP contribution in [0.4, 0.5) is 5.69 Å². The van der Waals surface area contributed by atoms with E-state index in [0.717, 1.165) is 47.5 Å². The number of nitrogens with zero attached hydrogens (tertiary/aromatic N) is 2. The molecular formula is C38H43N3O6S. The van der Waals surface area contributed by atoms with Gasteiger partial charge in [0.1, 0.15) is 12.6 Å². The number of nitrogens with one attached hydrogen (secondary N) is 1. The molecule has 9 nitrogen and oxygen atoms in total. The Bertz CT molecular complexity index is 1750. The van der Waals surface area contributed by atoms with E-state index in [0.29, 0.717) is 11.5 Å². The van der Waals surface area contributed by atoms with E-state index in [2.05, 4.69) is 5.32 Å². The number of carbonyl (C=O) groups is 2. The average Bonchev–Trinajstić information content (AvgIpc) is 3.13. The Balaban J connectivity index is 1.57. The van der Waals surface area contributed by atoms with Crippen molar-refractivity contribution in [3.63, 3.8) is 0 Å². The van der Waals surface area contributed by atoms with Crippen molar-refractivity contribution in [3.05, 3.63) is 120 Å². The molecule has 0 aliphatic heterocycles. The minimum absolute atomic E-state index is 0.0260. The van der Waals surface area contributed by atoms with E-state index in [9.17, 15) is 18.0 Å². The van der Waals surface area contributed by atoms with Crippen molar-refractivity contribution in [1.82, 2.24) is 10.2 Å². The molecule has 0 saturated heterocycles. The highest BCUT2D eigenvalue weighted by Gasteiger charge is 2.35. The fourth-order valence-electron chi connectivity index (χ4n) is 6.11. The third kappa shape index (κ3) is 8.55. The second-order valence-electron chi connectivity index (χ2n) is 11.9. The van der Waals surface area contributed by atoms with Gasteiger partial charge in [-0.3, -0.25) is 13.9 Å². The Hall–Kier alpha value is -4.83. The van der Waals surface area contributed by atoms with Crippen LogP contribution in [-0.4, -0.2) is 58.0 Å². The molecule has 252 valence electrons. The first-order chi connectivity index (χ1) is 23.3. The van der Waals surface area contributed by atoms with Gasteiger partial charge in [0.15, 0.2) is 11.5 Å². The Kier molecular flexibility index (Phi) is 11.7.